The molecule has 4 rings (SSSR count). The minimum atomic E-state index is -3.71. The summed E-state index contributed by atoms with van der Waals surface area (Å²) in [6, 6.07) is 7.43. The van der Waals surface area contributed by atoms with Gasteiger partial charge in [-0.1, -0.05) is 18.2 Å². The predicted molar refractivity (Wildman–Crippen MR) is 118 cm³/mol. The number of aromatic nitrogens is 3. The van der Waals surface area contributed by atoms with E-state index >= 15 is 0 Å². The van der Waals surface area contributed by atoms with Crippen molar-refractivity contribution in [2.45, 2.75) is 37.8 Å². The Labute approximate surface area is 186 Å². The number of para-hydroxylation sites is 1. The van der Waals surface area contributed by atoms with Crippen molar-refractivity contribution in [1.29, 1.82) is 0 Å². The number of rotatable bonds is 6. The van der Waals surface area contributed by atoms with E-state index in [0.29, 0.717) is 24.2 Å². The van der Waals surface area contributed by atoms with Crippen LogP contribution in [0.25, 0.3) is 10.9 Å². The Morgan fingerprint density at radius 1 is 1.22 bits per heavy atom. The number of carbonyl (C=O) groups excluding carboxylic acids is 2. The molecule has 9 nitrogen and oxygen atoms in total. The average Bonchev–Trinajstić information content (AvgIpc) is 3.36. The fraction of sp³-hybridized carbons (Fsp3) is 0.409. The first kappa shape index (κ1) is 22.2. The van der Waals surface area contributed by atoms with Crippen LogP contribution in [0, 0.1) is 12.8 Å². The molecule has 0 bridgehead atoms. The normalized spacial score (nSPS) is 16.8. The maximum atomic E-state index is 12.8. The molecule has 0 saturated carbocycles. The van der Waals surface area contributed by atoms with Crippen molar-refractivity contribution < 1.29 is 22.7 Å². The second kappa shape index (κ2) is 8.51. The zero-order chi connectivity index (χ0) is 23.0. The number of imidazole rings is 1. The molecule has 1 saturated heterocycles. The molecule has 3 heterocycles. The third-order valence-electron chi connectivity index (χ3n) is 5.99. The molecule has 0 spiro atoms. The van der Waals surface area contributed by atoms with Gasteiger partial charge < -0.3 is 14.3 Å². The van der Waals surface area contributed by atoms with Crippen molar-refractivity contribution >= 4 is 32.7 Å². The molecule has 1 fully saturated rings. The van der Waals surface area contributed by atoms with E-state index in [0.717, 1.165) is 10.9 Å². The van der Waals surface area contributed by atoms with Gasteiger partial charge in [-0.25, -0.2) is 13.4 Å². The zero-order valence-electron chi connectivity index (χ0n) is 18.2. The van der Waals surface area contributed by atoms with Crippen molar-refractivity contribution in [2.24, 2.45) is 13.0 Å². The van der Waals surface area contributed by atoms with Crippen LogP contribution in [-0.4, -0.2) is 58.2 Å². The van der Waals surface area contributed by atoms with E-state index in [4.69, 9.17) is 4.74 Å². The fourth-order valence-corrected chi connectivity index (χ4v) is 5.43. The number of ketones is 1. The summed E-state index contributed by atoms with van der Waals surface area (Å²) in [6.07, 6.45) is 2.85. The highest BCUT2D eigenvalue weighted by molar-refractivity contribution is 7.89. The van der Waals surface area contributed by atoms with E-state index in [-0.39, 0.29) is 23.9 Å². The van der Waals surface area contributed by atoms with Crippen LogP contribution in [0.1, 0.15) is 35.9 Å². The molecule has 1 aliphatic rings. The smallest absolute Gasteiger partial charge is 0.309 e. The van der Waals surface area contributed by atoms with E-state index in [1.807, 2.05) is 24.3 Å². The molecular weight excluding hydrogens is 432 g/mol. The molecule has 1 atom stereocenters. The van der Waals surface area contributed by atoms with Crippen LogP contribution in [0.4, 0.5) is 0 Å². The third kappa shape index (κ3) is 4.07. The number of nitrogens with one attached hydrogen (secondary N) is 1. The Hall–Kier alpha value is -2.98. The van der Waals surface area contributed by atoms with Crippen molar-refractivity contribution in [2.75, 3.05) is 13.1 Å². The van der Waals surface area contributed by atoms with Gasteiger partial charge in [0.15, 0.2) is 11.1 Å². The fourth-order valence-electron chi connectivity index (χ4n) is 3.93. The summed E-state index contributed by atoms with van der Waals surface area (Å²) in [5, 5.41) is 0.792. The maximum absolute atomic E-state index is 12.8. The molecule has 1 N–H and O–H groups in total. The first-order valence-corrected chi connectivity index (χ1v) is 11.9. The Morgan fingerprint density at radius 3 is 2.56 bits per heavy atom. The number of nitrogens with zero attached hydrogens (tertiary/aromatic N) is 3. The van der Waals surface area contributed by atoms with Gasteiger partial charge in [-0.3, -0.25) is 9.59 Å². The number of Topliss-reactive ketones (excluding diaryl/α,β-unsaturated/α-hetero) is 1. The second-order valence-electron chi connectivity index (χ2n) is 8.11. The average molecular weight is 459 g/mol. The van der Waals surface area contributed by atoms with Crippen LogP contribution >= 0.6 is 0 Å². The lowest BCUT2D eigenvalue weighted by Crippen LogP contribution is -2.41. The molecule has 10 heteroatoms. The molecule has 1 aliphatic heterocycles. The summed E-state index contributed by atoms with van der Waals surface area (Å²) in [5.41, 5.74) is 1.32. The molecule has 1 unspecified atom stereocenters. The number of esters is 1. The third-order valence-corrected chi connectivity index (χ3v) is 7.77. The summed E-state index contributed by atoms with van der Waals surface area (Å²) < 4.78 is 34.1. The summed E-state index contributed by atoms with van der Waals surface area (Å²) in [5.74, 6) is -0.598. The summed E-state index contributed by atoms with van der Waals surface area (Å²) in [7, 11) is -1.97. The predicted octanol–water partition coefficient (Wildman–Crippen LogP) is 2.43. The molecule has 32 heavy (non-hydrogen) atoms. The first-order chi connectivity index (χ1) is 15.2. The zero-order valence-corrected chi connectivity index (χ0v) is 19.1. The molecular formula is C22H26N4O5S. The van der Waals surface area contributed by atoms with E-state index in [1.165, 1.54) is 10.5 Å². The number of ether oxygens (including phenoxy) is 1. The molecule has 0 aliphatic carbocycles. The van der Waals surface area contributed by atoms with Crippen LogP contribution in [0.3, 0.4) is 0 Å². The monoisotopic (exact) mass is 458 g/mol. The maximum Gasteiger partial charge on any atom is 0.309 e. The highest BCUT2D eigenvalue weighted by atomic mass is 32.2. The Kier molecular flexibility index (Phi) is 5.91. The van der Waals surface area contributed by atoms with E-state index in [1.54, 1.807) is 31.7 Å². The topological polar surface area (TPSA) is 114 Å². The Balaban J connectivity index is 1.36. The van der Waals surface area contributed by atoms with Gasteiger partial charge >= 0.3 is 5.97 Å². The van der Waals surface area contributed by atoms with Gasteiger partial charge in [0.2, 0.25) is 5.78 Å². The lowest BCUT2D eigenvalue weighted by Gasteiger charge is -2.30. The lowest BCUT2D eigenvalue weighted by molar-refractivity contribution is -0.152. The molecule has 1 aromatic carbocycles. The number of carbonyl (C=O) groups is 2. The molecule has 0 radical (unpaired) electrons. The number of aryl methyl sites for hydroxylation is 2. The Morgan fingerprint density at radius 2 is 1.91 bits per heavy atom. The number of hydrogen-bond acceptors (Lipinski definition) is 6. The van der Waals surface area contributed by atoms with E-state index < -0.39 is 28.0 Å². The molecule has 170 valence electrons. The molecule has 2 aromatic heterocycles. The molecule has 3 aromatic rings. The number of aromatic amines is 1. The van der Waals surface area contributed by atoms with Crippen LogP contribution < -0.4 is 0 Å². The van der Waals surface area contributed by atoms with Crippen LogP contribution in [0.5, 0.6) is 0 Å². The SMILES string of the molecule is Cc1nc(S(=O)(=O)N2CCC(C(=O)OC(C)C(=O)c3c[nH]c4ccccc34)CC2)cn1C. The number of hydrogen-bond donors (Lipinski definition) is 1. The van der Waals surface area contributed by atoms with Gasteiger partial charge in [-0.15, -0.1) is 0 Å². The van der Waals surface area contributed by atoms with Crippen molar-refractivity contribution in [3.63, 3.8) is 0 Å². The summed E-state index contributed by atoms with van der Waals surface area (Å²) >= 11 is 0. The van der Waals surface area contributed by atoms with Crippen LogP contribution in [0.2, 0.25) is 0 Å². The number of benzene rings is 1. The largest absolute Gasteiger partial charge is 0.454 e. The standard InChI is InChI=1S/C22H26N4O5S/c1-14(21(27)18-12-23-19-7-5-4-6-17(18)19)31-22(28)16-8-10-26(11-9-16)32(29,30)20-13-25(3)15(2)24-20/h4-7,12-14,16,23H,8-11H2,1-3H3. The second-order valence-corrected chi connectivity index (χ2v) is 9.99. The first-order valence-electron chi connectivity index (χ1n) is 10.5. The van der Waals surface area contributed by atoms with Crippen LogP contribution in [-0.2, 0) is 26.6 Å². The lowest BCUT2D eigenvalue weighted by atomic mass is 9.98. The van der Waals surface area contributed by atoms with Gasteiger partial charge in [0.05, 0.1) is 5.92 Å². The van der Waals surface area contributed by atoms with Crippen molar-refractivity contribution in [3.05, 3.63) is 48.0 Å². The number of H-pyrrole nitrogens is 1. The minimum Gasteiger partial charge on any atom is -0.454 e. The van der Waals surface area contributed by atoms with Gasteiger partial charge in [0.1, 0.15) is 5.82 Å². The summed E-state index contributed by atoms with van der Waals surface area (Å²) in [6.45, 7) is 3.69. The van der Waals surface area contributed by atoms with Gasteiger partial charge in [0, 0.05) is 49.0 Å². The number of sulfonamides is 1. The highest BCUT2D eigenvalue weighted by Gasteiger charge is 2.35. The van der Waals surface area contributed by atoms with E-state index in [2.05, 4.69) is 9.97 Å². The van der Waals surface area contributed by atoms with Crippen molar-refractivity contribution in [1.82, 2.24) is 18.8 Å². The quantitative estimate of drug-likeness (QED) is 0.448. The molecule has 0 amide bonds. The van der Waals surface area contributed by atoms with Gasteiger partial charge in [-0.05, 0) is 32.8 Å². The number of piperidine rings is 1. The van der Waals surface area contributed by atoms with Gasteiger partial charge in [0.25, 0.3) is 10.0 Å². The van der Waals surface area contributed by atoms with E-state index in [9.17, 15) is 18.0 Å². The van der Waals surface area contributed by atoms with Crippen LogP contribution in [0.15, 0.2) is 41.7 Å². The van der Waals surface area contributed by atoms with Gasteiger partial charge in [-0.2, -0.15) is 4.31 Å². The minimum absolute atomic E-state index is 0.0106. The summed E-state index contributed by atoms with van der Waals surface area (Å²) in [4.78, 5) is 32.6. The Bertz CT molecular complexity index is 1250. The van der Waals surface area contributed by atoms with Crippen molar-refractivity contribution in [3.8, 4) is 0 Å². The highest BCUT2D eigenvalue weighted by Crippen LogP contribution is 2.25. The number of fused-ring (bicyclic) bond motifs is 1.